The van der Waals surface area contributed by atoms with Crippen LogP contribution in [0.2, 0.25) is 0 Å². The molecule has 6 bridgehead atoms. The summed E-state index contributed by atoms with van der Waals surface area (Å²) in [7, 11) is -50.8. The maximum atomic E-state index is 8.98. The van der Waals surface area contributed by atoms with Crippen molar-refractivity contribution in [3.8, 4) is 0 Å². The molecule has 12 aromatic carbocycles. The van der Waals surface area contributed by atoms with Gasteiger partial charge in [0.25, 0.3) is 0 Å². The fraction of sp³-hybridized carbons (Fsp3) is 0. The van der Waals surface area contributed by atoms with E-state index in [1.807, 2.05) is 375 Å². The predicted octanol–water partition coefficient (Wildman–Crippen LogP) is 8.33. The summed E-state index contributed by atoms with van der Waals surface area (Å²) in [4.78, 5) is 0. The van der Waals surface area contributed by atoms with Crippen molar-refractivity contribution in [3.05, 3.63) is 383 Å². The molecule has 4 fully saturated rings. The molecular weight excluding hydrogens is 1610 g/mol. The van der Waals surface area contributed by atoms with Gasteiger partial charge < -0.3 is 57.6 Å². The first-order chi connectivity index (χ1) is 50.4. The van der Waals surface area contributed by atoms with E-state index in [2.05, 4.69) is 31.9 Å². The smallest absolute Gasteiger partial charge is 0.422 e. The Kier molecular flexibility index (Phi) is 20.2. The van der Waals surface area contributed by atoms with Crippen molar-refractivity contribution in [3.63, 3.8) is 0 Å². The fourth-order valence-electron chi connectivity index (χ4n) is 12.9. The molecule has 8 unspecified atom stereocenters. The van der Waals surface area contributed by atoms with Gasteiger partial charge in [0.15, 0.2) is 0 Å². The molecule has 0 saturated carbocycles. The summed E-state index contributed by atoms with van der Waals surface area (Å²) in [6.45, 7) is 0. The van der Waals surface area contributed by atoms with Gasteiger partial charge in [0, 0.05) is 45.3 Å². The monoisotopic (exact) mass is 1670 g/mol. The van der Waals surface area contributed by atoms with Crippen LogP contribution in [0.25, 0.3) is 12.2 Å². The second-order valence-electron chi connectivity index (χ2n) is 24.6. The zero-order valence-electron chi connectivity index (χ0n) is 55.3. The molecule has 4 aliphatic rings. The molecule has 10 atom stereocenters. The van der Waals surface area contributed by atoms with Gasteiger partial charge in [0.05, 0.1) is 0 Å². The number of hydrogen-bond acceptors (Lipinski definition) is 14. The summed E-state index contributed by atoms with van der Waals surface area (Å²) in [5.41, 5.74) is 5.74. The van der Waals surface area contributed by atoms with E-state index in [1.54, 1.807) is 0 Å². The molecule has 14 nitrogen and oxygen atoms in total. The lowest BCUT2D eigenvalue weighted by molar-refractivity contribution is 0.0578. The molecule has 16 rings (SSSR count). The van der Waals surface area contributed by atoms with Crippen LogP contribution in [0.3, 0.4) is 0 Å². The molecule has 4 saturated heterocycles. The van der Waals surface area contributed by atoms with Crippen LogP contribution in [0, 0.1) is 0 Å². The topological polar surface area (TPSA) is 129 Å². The van der Waals surface area contributed by atoms with E-state index in [0.717, 1.165) is 20.1 Å². The highest BCUT2D eigenvalue weighted by molar-refractivity contribution is 9.10. The van der Waals surface area contributed by atoms with E-state index in [9.17, 15) is 0 Å². The van der Waals surface area contributed by atoms with E-state index in [1.165, 1.54) is 0 Å². The second kappa shape index (κ2) is 29.7. The summed E-state index contributed by atoms with van der Waals surface area (Å²) in [6.07, 6.45) is 4.06. The minimum atomic E-state index is -5.51. The first-order valence-electron chi connectivity index (χ1n) is 33.5. The van der Waals surface area contributed by atoms with Crippen molar-refractivity contribution < 1.29 is 57.6 Å². The Morgan fingerprint density at radius 1 is 0.252 bits per heavy atom. The van der Waals surface area contributed by atoms with E-state index in [0.29, 0.717) is 51.9 Å². The molecule has 27 heteroatoms. The Morgan fingerprint density at radius 2 is 0.495 bits per heavy atom. The van der Waals surface area contributed by atoms with Gasteiger partial charge >= 0.3 is 88.0 Å². The lowest BCUT2D eigenvalue weighted by atomic mass is 10.2. The lowest BCUT2D eigenvalue weighted by Gasteiger charge is -2.58. The molecule has 0 aromatic heterocycles. The Labute approximate surface area is 629 Å². The van der Waals surface area contributed by atoms with E-state index in [-0.39, 0.29) is 10.5 Å². The normalized spacial score (nSPS) is 28.7. The third kappa shape index (κ3) is 14.0. The Morgan fingerprint density at radius 3 is 0.825 bits per heavy atom. The SMILES string of the molecule is [SiH3]O[Si]1(c2ccccc2)O[Si](C=Cc2ccc(Br)cc2)(c2ccccc2)O[Si]2(c3ccccc3)O[Si]3(c4ccccc4)O[SiH](c4ccccc4)O[Si]4(c5ccccc5)O[Si](C=Cc5ccc(Br)cc5)(c5ccccc5)O[Si](c5ccccc5)(O3)O[Si@](c3ccccc3)(O2)O[Si@](c2ccccc2)(O1)O4. The highest BCUT2D eigenvalue weighted by atomic mass is 79.9. The van der Waals surface area contributed by atoms with Crippen LogP contribution in [-0.2, 0) is 57.6 Å². The molecule has 103 heavy (non-hydrogen) atoms. The van der Waals surface area contributed by atoms with Gasteiger partial charge in [-0.25, -0.2) is 0 Å². The van der Waals surface area contributed by atoms with Crippen LogP contribution in [-0.4, -0.2) is 98.5 Å². The van der Waals surface area contributed by atoms with Gasteiger partial charge in [0.1, 0.15) is 10.5 Å². The van der Waals surface area contributed by atoms with Crippen LogP contribution in [0.4, 0.5) is 0 Å². The third-order valence-electron chi connectivity index (χ3n) is 17.9. The van der Waals surface area contributed by atoms with Gasteiger partial charge in [-0.2, -0.15) is 0 Å². The van der Waals surface area contributed by atoms with Crippen molar-refractivity contribution in [2.45, 2.75) is 0 Å². The van der Waals surface area contributed by atoms with Crippen molar-refractivity contribution in [1.82, 2.24) is 0 Å². The van der Waals surface area contributed by atoms with Gasteiger partial charge in [-0.15, -0.1) is 0 Å². The summed E-state index contributed by atoms with van der Waals surface area (Å²) < 4.78 is 124. The molecule has 0 amide bonds. The van der Waals surface area contributed by atoms with Crippen molar-refractivity contribution in [2.24, 2.45) is 0 Å². The third-order valence-corrected chi connectivity index (χ3v) is 61.2. The summed E-state index contributed by atoms with van der Waals surface area (Å²) in [6, 6.07) is 114. The average molecular weight is 1670 g/mol. The number of fused-ring (bicyclic) bond motifs is 6. The first kappa shape index (κ1) is 70.2. The Hall–Kier alpha value is -7.09. The number of benzene rings is 12. The number of rotatable bonds is 15. The van der Waals surface area contributed by atoms with Crippen LogP contribution in [0.15, 0.2) is 372 Å². The quantitative estimate of drug-likeness (QED) is 0.0913. The number of hydrogen-bond donors (Lipinski definition) is 0. The first-order valence-corrected chi connectivity index (χ1v) is 53.3. The van der Waals surface area contributed by atoms with E-state index < -0.39 is 88.0 Å². The molecule has 4 heterocycles. The van der Waals surface area contributed by atoms with Gasteiger partial charge in [-0.1, -0.05) is 372 Å². The zero-order chi connectivity index (χ0) is 69.9. The van der Waals surface area contributed by atoms with Gasteiger partial charge in [-0.3, -0.25) is 0 Å². The second-order valence-corrected chi connectivity index (χ2v) is 56.6. The number of halogens is 2. The van der Waals surface area contributed by atoms with Crippen LogP contribution < -0.4 is 51.9 Å². The minimum Gasteiger partial charge on any atom is -0.422 e. The van der Waals surface area contributed by atoms with E-state index >= 15 is 0 Å². The molecular formula is C76H66Br2O14Si11. The van der Waals surface area contributed by atoms with E-state index in [4.69, 9.17) is 57.6 Å². The highest BCUT2D eigenvalue weighted by Gasteiger charge is 2.80. The Bertz CT molecular complexity index is 4930. The summed E-state index contributed by atoms with van der Waals surface area (Å²) >= 11 is 7.44. The van der Waals surface area contributed by atoms with Gasteiger partial charge in [0.2, 0.25) is 0 Å². The zero-order valence-corrected chi connectivity index (χ0v) is 70.7. The van der Waals surface area contributed by atoms with Crippen LogP contribution in [0.5, 0.6) is 0 Å². The van der Waals surface area contributed by atoms with Crippen molar-refractivity contribution >= 4 is 194 Å². The highest BCUT2D eigenvalue weighted by Crippen LogP contribution is 2.44. The maximum Gasteiger partial charge on any atom is 0.515 e. The average Bonchev–Trinajstić information content (AvgIpc) is 0.686. The van der Waals surface area contributed by atoms with Crippen LogP contribution >= 0.6 is 31.9 Å². The molecule has 0 aliphatic carbocycles. The Balaban J connectivity index is 1.18. The van der Waals surface area contributed by atoms with Gasteiger partial charge in [-0.05, 0) is 62.4 Å². The molecule has 0 N–H and O–H groups in total. The van der Waals surface area contributed by atoms with Crippen molar-refractivity contribution in [2.75, 3.05) is 0 Å². The molecule has 12 aromatic rings. The van der Waals surface area contributed by atoms with Crippen molar-refractivity contribution in [1.29, 1.82) is 0 Å². The lowest BCUT2D eigenvalue weighted by Crippen LogP contribution is -2.90. The standard InChI is InChI=1S/C76H66Br2O14Si11/c77-65-55-51-63(52-56-65)59-61-95(68-33-13-2-14-34-68)82-97(79-93,70-37-17-4-18-38-70)86-102(75-47-27-9-28-48-75)87-98(71-39-19-5-20-40-71)80-94(67-31-11-1-12-32-67)81-99(72-41-21-6-22-42-72)88-100(84-95,73-43-23-7-24-44-73)90-103(92-102,76-49-29-10-30-50-76)91-101(89-99,74-45-25-8-26-46-74)85-96(83-98,69-35-15-3-16-36-69)62-60-64-53-57-66(78)58-54-64/h1-62,94H,93H3/t94?,95?,96?,97?,98?,99?,100?,101?,102-,103+/m1/s1. The molecule has 4 aliphatic heterocycles. The summed E-state index contributed by atoms with van der Waals surface area (Å²) in [5.74, 6) is 0. The maximum absolute atomic E-state index is 8.98. The summed E-state index contributed by atoms with van der Waals surface area (Å²) in [5, 5.41) is 5.42. The molecule has 0 spiro atoms. The molecule has 512 valence electrons. The fourth-order valence-corrected chi connectivity index (χ4v) is 68.3. The van der Waals surface area contributed by atoms with Crippen LogP contribution in [0.1, 0.15) is 11.1 Å². The predicted molar refractivity (Wildman–Crippen MR) is 431 cm³/mol. The minimum absolute atomic E-state index is 0.0143. The molecule has 0 radical (unpaired) electrons. The largest absolute Gasteiger partial charge is 0.515 e.